The molecule has 0 unspecified atom stereocenters. The minimum absolute atomic E-state index is 0.224. The fourth-order valence-corrected chi connectivity index (χ4v) is 5.29. The number of anilines is 2. The number of halogens is 1. The molecule has 1 aliphatic heterocycles. The second-order valence-electron chi connectivity index (χ2n) is 7.99. The average molecular weight is 448 g/mol. The van der Waals surface area contributed by atoms with Crippen molar-refractivity contribution in [3.63, 3.8) is 0 Å². The Kier molecular flexibility index (Phi) is 6.89. The third-order valence-electron chi connectivity index (χ3n) is 5.90. The molecule has 0 radical (unpaired) electrons. The molecule has 0 N–H and O–H groups in total. The van der Waals surface area contributed by atoms with Crippen molar-refractivity contribution in [3.05, 3.63) is 59.4 Å². The van der Waals surface area contributed by atoms with Crippen LogP contribution in [0.5, 0.6) is 0 Å². The van der Waals surface area contributed by atoms with Crippen molar-refractivity contribution >= 4 is 27.3 Å². The predicted molar refractivity (Wildman–Crippen MR) is 123 cm³/mol. The van der Waals surface area contributed by atoms with Crippen LogP contribution in [0.25, 0.3) is 0 Å². The Morgan fingerprint density at radius 2 is 1.68 bits per heavy atom. The number of hydrogen-bond donors (Lipinski definition) is 0. The van der Waals surface area contributed by atoms with Gasteiger partial charge in [0.05, 0.1) is 11.9 Å². The standard InChI is InChI=1S/C23H30FN3O3S/c1-5-21(27(31(4,29)30)20-11-9-19(24)10-12-20)23(28)26-15-13-25(14-16-26)22-8-6-7-17(2)18(22)3/h6-12,21H,5,13-16H2,1-4H3/t21-/m1/s1. The molecule has 1 amide bonds. The lowest BCUT2D eigenvalue weighted by molar-refractivity contribution is -0.132. The SMILES string of the molecule is CC[C@H](C(=O)N1CCN(c2cccc(C)c2C)CC1)N(c1ccc(F)cc1)S(C)(=O)=O. The molecule has 6 nitrogen and oxygen atoms in total. The van der Waals surface area contributed by atoms with Crippen LogP contribution in [0.15, 0.2) is 42.5 Å². The second-order valence-corrected chi connectivity index (χ2v) is 9.85. The van der Waals surface area contributed by atoms with Gasteiger partial charge in [0.15, 0.2) is 0 Å². The van der Waals surface area contributed by atoms with Gasteiger partial charge in [-0.3, -0.25) is 9.10 Å². The molecule has 3 rings (SSSR count). The minimum Gasteiger partial charge on any atom is -0.368 e. The molecule has 2 aromatic rings. The van der Waals surface area contributed by atoms with E-state index in [9.17, 15) is 17.6 Å². The quantitative estimate of drug-likeness (QED) is 0.682. The van der Waals surface area contributed by atoms with Crippen molar-refractivity contribution in [2.24, 2.45) is 0 Å². The number of piperazine rings is 1. The largest absolute Gasteiger partial charge is 0.368 e. The lowest BCUT2D eigenvalue weighted by atomic mass is 10.1. The van der Waals surface area contributed by atoms with E-state index in [0.717, 1.165) is 10.6 Å². The molecule has 0 spiro atoms. The molecule has 168 valence electrons. The fraction of sp³-hybridized carbons (Fsp3) is 0.435. The number of hydrogen-bond acceptors (Lipinski definition) is 4. The Bertz CT molecular complexity index is 1030. The van der Waals surface area contributed by atoms with Crippen molar-refractivity contribution in [3.8, 4) is 0 Å². The molecule has 0 aliphatic carbocycles. The number of nitrogens with zero attached hydrogens (tertiary/aromatic N) is 3. The van der Waals surface area contributed by atoms with Gasteiger partial charge in [0.2, 0.25) is 15.9 Å². The number of carbonyl (C=O) groups excluding carboxylic acids is 1. The van der Waals surface area contributed by atoms with Crippen LogP contribution in [0.2, 0.25) is 0 Å². The van der Waals surface area contributed by atoms with E-state index >= 15 is 0 Å². The fourth-order valence-electron chi connectivity index (χ4n) is 4.09. The van der Waals surface area contributed by atoms with Gasteiger partial charge in [-0.1, -0.05) is 19.1 Å². The smallest absolute Gasteiger partial charge is 0.246 e. The first-order chi connectivity index (χ1) is 14.6. The van der Waals surface area contributed by atoms with Crippen LogP contribution in [0.4, 0.5) is 15.8 Å². The summed E-state index contributed by atoms with van der Waals surface area (Å²) in [6, 6.07) is 10.5. The van der Waals surface area contributed by atoms with Gasteiger partial charge in [0.25, 0.3) is 0 Å². The van der Waals surface area contributed by atoms with Crippen molar-refractivity contribution in [2.75, 3.05) is 41.6 Å². The molecule has 1 aliphatic rings. The highest BCUT2D eigenvalue weighted by Gasteiger charge is 2.35. The summed E-state index contributed by atoms with van der Waals surface area (Å²) < 4.78 is 39.6. The molecule has 1 saturated heterocycles. The normalized spacial score (nSPS) is 15.6. The Balaban J connectivity index is 1.78. The van der Waals surface area contributed by atoms with Gasteiger partial charge in [-0.2, -0.15) is 0 Å². The lowest BCUT2D eigenvalue weighted by Gasteiger charge is -2.40. The first kappa shape index (κ1) is 23.1. The highest BCUT2D eigenvalue weighted by atomic mass is 32.2. The van der Waals surface area contributed by atoms with Crippen LogP contribution in [0, 0.1) is 19.7 Å². The molecule has 8 heteroatoms. The van der Waals surface area contributed by atoms with Crippen molar-refractivity contribution in [1.29, 1.82) is 0 Å². The van der Waals surface area contributed by atoms with E-state index in [0.29, 0.717) is 32.6 Å². The molecule has 1 atom stereocenters. The van der Waals surface area contributed by atoms with E-state index < -0.39 is 21.9 Å². The van der Waals surface area contributed by atoms with E-state index in [2.05, 4.69) is 30.9 Å². The highest BCUT2D eigenvalue weighted by Crippen LogP contribution is 2.26. The zero-order valence-electron chi connectivity index (χ0n) is 18.5. The Morgan fingerprint density at radius 1 is 1.06 bits per heavy atom. The van der Waals surface area contributed by atoms with E-state index in [4.69, 9.17) is 0 Å². The maximum absolute atomic E-state index is 13.4. The Morgan fingerprint density at radius 3 is 2.23 bits per heavy atom. The lowest BCUT2D eigenvalue weighted by Crippen LogP contribution is -2.56. The number of benzene rings is 2. The monoisotopic (exact) mass is 447 g/mol. The third kappa shape index (κ3) is 5.01. The number of amides is 1. The summed E-state index contributed by atoms with van der Waals surface area (Å²) in [6.07, 6.45) is 1.39. The summed E-state index contributed by atoms with van der Waals surface area (Å²) in [5.74, 6) is -0.683. The minimum atomic E-state index is -3.74. The Labute approximate surface area is 184 Å². The molecule has 2 aromatic carbocycles. The topological polar surface area (TPSA) is 60.9 Å². The summed E-state index contributed by atoms with van der Waals surface area (Å²) in [7, 11) is -3.74. The molecule has 31 heavy (non-hydrogen) atoms. The number of aryl methyl sites for hydroxylation is 1. The van der Waals surface area contributed by atoms with Gasteiger partial charge in [0, 0.05) is 31.9 Å². The number of rotatable bonds is 6. The summed E-state index contributed by atoms with van der Waals surface area (Å²) in [6.45, 7) is 8.37. The van der Waals surface area contributed by atoms with E-state index in [-0.39, 0.29) is 11.6 Å². The molecular weight excluding hydrogens is 417 g/mol. The average Bonchev–Trinajstić information content (AvgIpc) is 2.74. The summed E-state index contributed by atoms with van der Waals surface area (Å²) in [4.78, 5) is 17.3. The molecule has 0 bridgehead atoms. The molecule has 1 heterocycles. The van der Waals surface area contributed by atoms with Crippen LogP contribution >= 0.6 is 0 Å². The first-order valence-electron chi connectivity index (χ1n) is 10.5. The molecule has 0 aromatic heterocycles. The zero-order valence-corrected chi connectivity index (χ0v) is 19.3. The third-order valence-corrected chi connectivity index (χ3v) is 7.08. The van der Waals surface area contributed by atoms with E-state index in [1.54, 1.807) is 11.8 Å². The Hall–Kier alpha value is -2.61. The highest BCUT2D eigenvalue weighted by molar-refractivity contribution is 7.92. The molecular formula is C23H30FN3O3S. The van der Waals surface area contributed by atoms with Gasteiger partial charge in [-0.05, 0) is 61.7 Å². The first-order valence-corrected chi connectivity index (χ1v) is 12.3. The maximum Gasteiger partial charge on any atom is 0.246 e. The van der Waals surface area contributed by atoms with Crippen molar-refractivity contribution in [1.82, 2.24) is 4.90 Å². The van der Waals surface area contributed by atoms with Gasteiger partial charge in [0.1, 0.15) is 11.9 Å². The van der Waals surface area contributed by atoms with Crippen molar-refractivity contribution < 1.29 is 17.6 Å². The van der Waals surface area contributed by atoms with Gasteiger partial charge in [-0.25, -0.2) is 12.8 Å². The van der Waals surface area contributed by atoms with Crippen LogP contribution < -0.4 is 9.21 Å². The zero-order chi connectivity index (χ0) is 22.8. The second kappa shape index (κ2) is 9.26. The van der Waals surface area contributed by atoms with E-state index in [1.807, 2.05) is 6.07 Å². The van der Waals surface area contributed by atoms with Crippen LogP contribution in [0.3, 0.4) is 0 Å². The molecule has 1 fully saturated rings. The maximum atomic E-state index is 13.4. The van der Waals surface area contributed by atoms with Crippen molar-refractivity contribution in [2.45, 2.75) is 33.2 Å². The van der Waals surface area contributed by atoms with E-state index in [1.165, 1.54) is 41.1 Å². The van der Waals surface area contributed by atoms with Crippen LogP contribution in [-0.2, 0) is 14.8 Å². The predicted octanol–water partition coefficient (Wildman–Crippen LogP) is 3.34. The summed E-state index contributed by atoms with van der Waals surface area (Å²) in [5.41, 5.74) is 3.92. The number of sulfonamides is 1. The van der Waals surface area contributed by atoms with Gasteiger partial charge >= 0.3 is 0 Å². The van der Waals surface area contributed by atoms with Gasteiger partial charge < -0.3 is 9.80 Å². The molecule has 0 saturated carbocycles. The number of carbonyl (C=O) groups is 1. The van der Waals surface area contributed by atoms with Crippen LogP contribution in [0.1, 0.15) is 24.5 Å². The summed E-state index contributed by atoms with van der Waals surface area (Å²) in [5, 5.41) is 0. The summed E-state index contributed by atoms with van der Waals surface area (Å²) >= 11 is 0. The van der Waals surface area contributed by atoms with Crippen LogP contribution in [-0.4, -0.2) is 57.7 Å². The van der Waals surface area contributed by atoms with Gasteiger partial charge in [-0.15, -0.1) is 0 Å².